The number of benzene rings is 1. The van der Waals surface area contributed by atoms with Gasteiger partial charge in [-0.15, -0.1) is 0 Å². The van der Waals surface area contributed by atoms with E-state index in [9.17, 15) is 13.2 Å². The molecule has 0 saturated carbocycles. The molecule has 24 heavy (non-hydrogen) atoms. The zero-order valence-electron chi connectivity index (χ0n) is 13.0. The molecule has 0 aliphatic carbocycles. The van der Waals surface area contributed by atoms with E-state index in [-0.39, 0.29) is 11.6 Å². The van der Waals surface area contributed by atoms with Gasteiger partial charge < -0.3 is 9.80 Å². The summed E-state index contributed by atoms with van der Waals surface area (Å²) in [6.45, 7) is 2.71. The summed E-state index contributed by atoms with van der Waals surface area (Å²) in [5, 5.41) is 0.517. The van der Waals surface area contributed by atoms with E-state index in [4.69, 9.17) is 11.6 Å². The maximum absolute atomic E-state index is 13.2. The molecule has 1 saturated heterocycles. The van der Waals surface area contributed by atoms with Gasteiger partial charge in [-0.05, 0) is 25.2 Å². The molecular formula is C16H16ClF3N4. The molecule has 0 bridgehead atoms. The van der Waals surface area contributed by atoms with Crippen molar-refractivity contribution in [2.24, 2.45) is 0 Å². The summed E-state index contributed by atoms with van der Waals surface area (Å²) in [5.74, 6) is 0.114. The molecule has 0 amide bonds. The zero-order chi connectivity index (χ0) is 17.3. The van der Waals surface area contributed by atoms with Crippen molar-refractivity contribution in [2.75, 3.05) is 38.1 Å². The third-order valence-corrected chi connectivity index (χ3v) is 4.18. The van der Waals surface area contributed by atoms with Gasteiger partial charge in [-0.25, -0.2) is 9.97 Å². The highest BCUT2D eigenvalue weighted by molar-refractivity contribution is 6.30. The first-order chi connectivity index (χ1) is 11.3. The molecule has 4 nitrogen and oxygen atoms in total. The van der Waals surface area contributed by atoms with Crippen LogP contribution < -0.4 is 4.90 Å². The van der Waals surface area contributed by atoms with E-state index in [0.717, 1.165) is 19.2 Å². The summed E-state index contributed by atoms with van der Waals surface area (Å²) < 4.78 is 39.7. The molecule has 1 fully saturated rings. The lowest BCUT2D eigenvalue weighted by Crippen LogP contribution is -2.45. The Bertz CT molecular complexity index is 710. The minimum atomic E-state index is -4.52. The Labute approximate surface area is 142 Å². The van der Waals surface area contributed by atoms with E-state index in [1.165, 1.54) is 0 Å². The van der Waals surface area contributed by atoms with E-state index in [1.807, 2.05) is 7.05 Å². The van der Waals surface area contributed by atoms with Crippen molar-refractivity contribution in [1.82, 2.24) is 14.9 Å². The van der Waals surface area contributed by atoms with Crippen LogP contribution in [-0.2, 0) is 6.18 Å². The van der Waals surface area contributed by atoms with Crippen molar-refractivity contribution >= 4 is 17.5 Å². The van der Waals surface area contributed by atoms with Crippen molar-refractivity contribution in [1.29, 1.82) is 0 Å². The van der Waals surface area contributed by atoms with Crippen LogP contribution in [0.4, 0.5) is 19.1 Å². The molecule has 0 radical (unpaired) electrons. The van der Waals surface area contributed by atoms with Gasteiger partial charge in [0.05, 0.1) is 5.69 Å². The maximum atomic E-state index is 13.2. The van der Waals surface area contributed by atoms with Gasteiger partial charge in [0.1, 0.15) is 0 Å². The lowest BCUT2D eigenvalue weighted by Gasteiger charge is -2.32. The first-order valence-corrected chi connectivity index (χ1v) is 7.86. The molecule has 1 aromatic carbocycles. The van der Waals surface area contributed by atoms with E-state index >= 15 is 0 Å². The number of piperazine rings is 1. The Hall–Kier alpha value is -1.86. The molecule has 0 atom stereocenters. The summed E-state index contributed by atoms with van der Waals surface area (Å²) in [7, 11) is 1.98. The van der Waals surface area contributed by atoms with Crippen molar-refractivity contribution < 1.29 is 13.2 Å². The minimum absolute atomic E-state index is 0.114. The lowest BCUT2D eigenvalue weighted by atomic mass is 10.1. The van der Waals surface area contributed by atoms with Crippen LogP contribution in [0.3, 0.4) is 0 Å². The lowest BCUT2D eigenvalue weighted by molar-refractivity contribution is -0.141. The second-order valence-corrected chi connectivity index (χ2v) is 6.17. The Kier molecular flexibility index (Phi) is 4.64. The molecule has 1 aliphatic rings. The summed E-state index contributed by atoms with van der Waals surface area (Å²) in [6, 6.07) is 7.53. The normalized spacial score (nSPS) is 16.5. The standard InChI is InChI=1S/C16H16ClF3N4/c1-23-6-8-24(9-7-23)15-21-13(10-14(22-15)16(18,19)20)11-2-4-12(17)5-3-11/h2-5,10H,6-9H2,1H3. The average molecular weight is 357 g/mol. The minimum Gasteiger partial charge on any atom is -0.338 e. The number of alkyl halides is 3. The summed E-state index contributed by atoms with van der Waals surface area (Å²) in [6.07, 6.45) is -4.52. The highest BCUT2D eigenvalue weighted by Gasteiger charge is 2.34. The van der Waals surface area contributed by atoms with Gasteiger partial charge in [0.15, 0.2) is 5.69 Å². The maximum Gasteiger partial charge on any atom is 0.433 e. The van der Waals surface area contributed by atoms with Gasteiger partial charge in [-0.2, -0.15) is 13.2 Å². The van der Waals surface area contributed by atoms with Gasteiger partial charge in [0, 0.05) is 36.8 Å². The number of anilines is 1. The molecule has 8 heteroatoms. The first-order valence-electron chi connectivity index (χ1n) is 7.48. The van der Waals surface area contributed by atoms with E-state index < -0.39 is 11.9 Å². The van der Waals surface area contributed by atoms with Gasteiger partial charge in [-0.3, -0.25) is 0 Å². The Morgan fingerprint density at radius 3 is 2.21 bits per heavy atom. The largest absolute Gasteiger partial charge is 0.433 e. The van der Waals surface area contributed by atoms with Crippen LogP contribution in [0.5, 0.6) is 0 Å². The number of halogens is 4. The molecule has 0 unspecified atom stereocenters. The fourth-order valence-electron chi connectivity index (χ4n) is 2.50. The third-order valence-electron chi connectivity index (χ3n) is 3.93. The zero-order valence-corrected chi connectivity index (χ0v) is 13.8. The second kappa shape index (κ2) is 6.57. The first kappa shape index (κ1) is 17.0. The smallest absolute Gasteiger partial charge is 0.338 e. The van der Waals surface area contributed by atoms with Crippen LogP contribution in [0.2, 0.25) is 5.02 Å². The summed E-state index contributed by atoms with van der Waals surface area (Å²) in [5.41, 5.74) is -0.123. The number of nitrogens with zero attached hydrogens (tertiary/aromatic N) is 4. The van der Waals surface area contributed by atoms with Crippen LogP contribution in [0.15, 0.2) is 30.3 Å². The van der Waals surface area contributed by atoms with Crippen molar-refractivity contribution in [3.63, 3.8) is 0 Å². The van der Waals surface area contributed by atoms with Crippen LogP contribution in [-0.4, -0.2) is 48.1 Å². The quantitative estimate of drug-likeness (QED) is 0.823. The average Bonchev–Trinajstić information content (AvgIpc) is 2.55. The molecule has 1 aromatic heterocycles. The fourth-order valence-corrected chi connectivity index (χ4v) is 2.62. The van der Waals surface area contributed by atoms with Gasteiger partial charge >= 0.3 is 6.18 Å². The van der Waals surface area contributed by atoms with Crippen molar-refractivity contribution in [3.8, 4) is 11.3 Å². The van der Waals surface area contributed by atoms with Gasteiger partial charge in [0.2, 0.25) is 5.95 Å². The highest BCUT2D eigenvalue weighted by Crippen LogP contribution is 2.32. The van der Waals surface area contributed by atoms with Crippen LogP contribution >= 0.6 is 11.6 Å². The molecule has 0 N–H and O–H groups in total. The molecule has 2 heterocycles. The highest BCUT2D eigenvalue weighted by atomic mass is 35.5. The number of likely N-dealkylation sites (N-methyl/N-ethyl adjacent to an activating group) is 1. The molecular weight excluding hydrogens is 341 g/mol. The predicted molar refractivity (Wildman–Crippen MR) is 87.2 cm³/mol. The van der Waals surface area contributed by atoms with E-state index in [2.05, 4.69) is 14.9 Å². The Morgan fingerprint density at radius 1 is 1.00 bits per heavy atom. The molecule has 128 valence electrons. The SMILES string of the molecule is CN1CCN(c2nc(-c3ccc(Cl)cc3)cc(C(F)(F)F)n2)CC1. The third kappa shape index (κ3) is 3.79. The number of aromatic nitrogens is 2. The fraction of sp³-hybridized carbons (Fsp3) is 0.375. The van der Waals surface area contributed by atoms with Crippen molar-refractivity contribution in [2.45, 2.75) is 6.18 Å². The van der Waals surface area contributed by atoms with Crippen LogP contribution in [0.1, 0.15) is 5.69 Å². The Balaban J connectivity index is 2.02. The number of hydrogen-bond donors (Lipinski definition) is 0. The summed E-state index contributed by atoms with van der Waals surface area (Å²) >= 11 is 5.84. The second-order valence-electron chi connectivity index (χ2n) is 5.73. The van der Waals surface area contributed by atoms with Crippen molar-refractivity contribution in [3.05, 3.63) is 41.0 Å². The van der Waals surface area contributed by atoms with Crippen LogP contribution in [0, 0.1) is 0 Å². The van der Waals surface area contributed by atoms with E-state index in [1.54, 1.807) is 29.2 Å². The number of hydrogen-bond acceptors (Lipinski definition) is 4. The van der Waals surface area contributed by atoms with Crippen LogP contribution in [0.25, 0.3) is 11.3 Å². The molecule has 1 aliphatic heterocycles. The van der Waals surface area contributed by atoms with Gasteiger partial charge in [0.25, 0.3) is 0 Å². The predicted octanol–water partition coefficient (Wildman–Crippen LogP) is 3.57. The topological polar surface area (TPSA) is 32.3 Å². The number of rotatable bonds is 2. The monoisotopic (exact) mass is 356 g/mol. The molecule has 3 rings (SSSR count). The molecule has 2 aromatic rings. The summed E-state index contributed by atoms with van der Waals surface area (Å²) in [4.78, 5) is 12.0. The Morgan fingerprint density at radius 2 is 1.62 bits per heavy atom. The van der Waals surface area contributed by atoms with Gasteiger partial charge in [-0.1, -0.05) is 23.7 Å². The van der Waals surface area contributed by atoms with E-state index in [0.29, 0.717) is 23.7 Å². The molecule has 0 spiro atoms.